The highest BCUT2D eigenvalue weighted by Crippen LogP contribution is 2.35. The molecule has 2 aromatic carbocycles. The van der Waals surface area contributed by atoms with Gasteiger partial charge < -0.3 is 0 Å². The zero-order chi connectivity index (χ0) is 15.1. The van der Waals surface area contributed by atoms with Crippen molar-refractivity contribution in [3.63, 3.8) is 0 Å². The van der Waals surface area contributed by atoms with Gasteiger partial charge in [0.2, 0.25) is 0 Å². The maximum atomic E-state index is 4.28. The topological polar surface area (TPSA) is 30.7 Å². The Morgan fingerprint density at radius 1 is 1.18 bits per heavy atom. The maximum absolute atomic E-state index is 4.28. The molecule has 0 unspecified atom stereocenters. The van der Waals surface area contributed by atoms with Crippen LogP contribution in [0.4, 0.5) is 0 Å². The van der Waals surface area contributed by atoms with E-state index in [9.17, 15) is 0 Å². The van der Waals surface area contributed by atoms with Gasteiger partial charge in [-0.2, -0.15) is 0 Å². The molecule has 22 heavy (non-hydrogen) atoms. The number of hydrogen-bond donors (Lipinski definition) is 0. The van der Waals surface area contributed by atoms with E-state index in [4.69, 9.17) is 0 Å². The van der Waals surface area contributed by atoms with E-state index in [-0.39, 0.29) is 0 Å². The number of allylic oxidation sites excluding steroid dienone is 1. The number of hydrogen-bond acceptors (Lipinski definition) is 2. The first-order valence-corrected chi connectivity index (χ1v) is 8.29. The number of para-hydroxylation sites is 1. The summed E-state index contributed by atoms with van der Waals surface area (Å²) in [6.45, 7) is 4.95. The SMILES string of the molecule is C=C1CCCc2c(Br)cc(Cn3nnc4ccccc43)cc21. The molecule has 4 rings (SSSR count). The highest BCUT2D eigenvalue weighted by molar-refractivity contribution is 9.10. The molecule has 0 bridgehead atoms. The van der Waals surface area contributed by atoms with Crippen molar-refractivity contribution in [2.24, 2.45) is 0 Å². The van der Waals surface area contributed by atoms with Crippen LogP contribution < -0.4 is 0 Å². The molecule has 4 heteroatoms. The highest BCUT2D eigenvalue weighted by Gasteiger charge is 2.17. The van der Waals surface area contributed by atoms with Crippen molar-refractivity contribution >= 4 is 32.5 Å². The number of fused-ring (bicyclic) bond motifs is 2. The summed E-state index contributed by atoms with van der Waals surface area (Å²) in [7, 11) is 0. The molecule has 0 atom stereocenters. The zero-order valence-electron chi connectivity index (χ0n) is 12.2. The van der Waals surface area contributed by atoms with Crippen LogP contribution in [0.3, 0.4) is 0 Å². The molecule has 1 aromatic heterocycles. The van der Waals surface area contributed by atoms with Crippen LogP contribution in [0.15, 0.2) is 47.4 Å². The fraction of sp³-hybridized carbons (Fsp3) is 0.222. The van der Waals surface area contributed by atoms with Crippen LogP contribution in [0, 0.1) is 0 Å². The van der Waals surface area contributed by atoms with Gasteiger partial charge in [-0.15, -0.1) is 5.10 Å². The molecule has 0 fully saturated rings. The third kappa shape index (κ3) is 2.28. The molecule has 1 heterocycles. The lowest BCUT2D eigenvalue weighted by molar-refractivity contribution is 0.668. The zero-order valence-corrected chi connectivity index (χ0v) is 13.8. The monoisotopic (exact) mass is 353 g/mol. The van der Waals surface area contributed by atoms with Gasteiger partial charge >= 0.3 is 0 Å². The van der Waals surface area contributed by atoms with E-state index in [0.29, 0.717) is 0 Å². The van der Waals surface area contributed by atoms with Crippen molar-refractivity contribution in [3.05, 3.63) is 64.1 Å². The Kier molecular flexibility index (Phi) is 3.34. The molecular weight excluding hydrogens is 338 g/mol. The molecule has 3 nitrogen and oxygen atoms in total. The van der Waals surface area contributed by atoms with E-state index in [1.165, 1.54) is 33.2 Å². The maximum Gasteiger partial charge on any atom is 0.113 e. The summed E-state index contributed by atoms with van der Waals surface area (Å²) in [5.74, 6) is 0. The summed E-state index contributed by atoms with van der Waals surface area (Å²) in [4.78, 5) is 0. The van der Waals surface area contributed by atoms with Crippen LogP contribution in [0.1, 0.15) is 29.5 Å². The third-order valence-corrected chi connectivity index (χ3v) is 5.00. The highest BCUT2D eigenvalue weighted by atomic mass is 79.9. The van der Waals surface area contributed by atoms with E-state index in [1.807, 2.05) is 22.9 Å². The molecule has 3 aromatic rings. The average molecular weight is 354 g/mol. The summed E-state index contributed by atoms with van der Waals surface area (Å²) in [6.07, 6.45) is 3.41. The largest absolute Gasteiger partial charge is 0.240 e. The number of benzene rings is 2. The van der Waals surface area contributed by atoms with Crippen LogP contribution in [-0.2, 0) is 13.0 Å². The lowest BCUT2D eigenvalue weighted by Crippen LogP contribution is -2.07. The Labute approximate surface area is 137 Å². The molecule has 0 spiro atoms. The molecule has 0 radical (unpaired) electrons. The second-order valence-corrected chi connectivity index (χ2v) is 6.65. The second kappa shape index (κ2) is 5.36. The predicted octanol–water partition coefficient (Wildman–Crippen LogP) is 4.59. The van der Waals surface area contributed by atoms with Gasteiger partial charge in [-0.1, -0.05) is 39.9 Å². The number of nitrogens with zero attached hydrogens (tertiary/aromatic N) is 3. The Morgan fingerprint density at radius 2 is 2.05 bits per heavy atom. The first-order chi connectivity index (χ1) is 10.7. The fourth-order valence-corrected chi connectivity index (χ4v) is 3.88. The van der Waals surface area contributed by atoms with Gasteiger partial charge in [0.05, 0.1) is 12.1 Å². The van der Waals surface area contributed by atoms with E-state index in [1.54, 1.807) is 0 Å². The van der Waals surface area contributed by atoms with E-state index < -0.39 is 0 Å². The van der Waals surface area contributed by atoms with Gasteiger partial charge in [0.25, 0.3) is 0 Å². The molecule has 0 aliphatic heterocycles. The molecule has 0 saturated heterocycles. The number of rotatable bonds is 2. The molecule has 0 N–H and O–H groups in total. The van der Waals surface area contributed by atoms with Crippen LogP contribution in [0.2, 0.25) is 0 Å². The standard InChI is InChI=1S/C18H16BrN3/c1-12-5-4-6-14-15(12)9-13(10-16(14)19)11-22-18-8-3-2-7-17(18)20-21-22/h2-3,7-10H,1,4-6,11H2. The summed E-state index contributed by atoms with van der Waals surface area (Å²) < 4.78 is 3.14. The molecular formula is C18H16BrN3. The Morgan fingerprint density at radius 3 is 2.95 bits per heavy atom. The lowest BCUT2D eigenvalue weighted by atomic mass is 9.87. The van der Waals surface area contributed by atoms with Crippen molar-refractivity contribution in [2.45, 2.75) is 25.8 Å². The van der Waals surface area contributed by atoms with Crippen LogP contribution in [-0.4, -0.2) is 15.0 Å². The average Bonchev–Trinajstić information content (AvgIpc) is 2.92. The molecule has 110 valence electrons. The Balaban J connectivity index is 1.76. The minimum absolute atomic E-state index is 0.722. The van der Waals surface area contributed by atoms with Gasteiger partial charge in [-0.05, 0) is 65.8 Å². The van der Waals surface area contributed by atoms with Gasteiger partial charge in [-0.3, -0.25) is 0 Å². The van der Waals surface area contributed by atoms with Gasteiger partial charge in [0, 0.05) is 4.47 Å². The normalized spacial score (nSPS) is 14.3. The number of aromatic nitrogens is 3. The van der Waals surface area contributed by atoms with Gasteiger partial charge in [-0.25, -0.2) is 4.68 Å². The van der Waals surface area contributed by atoms with Crippen LogP contribution >= 0.6 is 15.9 Å². The first-order valence-electron chi connectivity index (χ1n) is 7.50. The minimum Gasteiger partial charge on any atom is -0.240 e. The Bertz CT molecular complexity index is 879. The van der Waals surface area contributed by atoms with E-state index in [0.717, 1.165) is 30.4 Å². The van der Waals surface area contributed by atoms with E-state index in [2.05, 4.69) is 51.0 Å². The minimum atomic E-state index is 0.722. The second-order valence-electron chi connectivity index (χ2n) is 5.80. The summed E-state index contributed by atoms with van der Waals surface area (Å²) >= 11 is 3.73. The predicted molar refractivity (Wildman–Crippen MR) is 92.7 cm³/mol. The van der Waals surface area contributed by atoms with Crippen molar-refractivity contribution in [2.75, 3.05) is 0 Å². The fourth-order valence-electron chi connectivity index (χ4n) is 3.17. The van der Waals surface area contributed by atoms with Crippen molar-refractivity contribution in [3.8, 4) is 0 Å². The molecule has 0 saturated carbocycles. The smallest absolute Gasteiger partial charge is 0.113 e. The van der Waals surface area contributed by atoms with Gasteiger partial charge in [0.1, 0.15) is 5.52 Å². The molecule has 1 aliphatic carbocycles. The quantitative estimate of drug-likeness (QED) is 0.674. The van der Waals surface area contributed by atoms with Crippen molar-refractivity contribution in [1.82, 2.24) is 15.0 Å². The van der Waals surface area contributed by atoms with Crippen LogP contribution in [0.25, 0.3) is 16.6 Å². The van der Waals surface area contributed by atoms with Crippen molar-refractivity contribution in [1.29, 1.82) is 0 Å². The summed E-state index contributed by atoms with van der Waals surface area (Å²) in [5, 5.41) is 8.50. The van der Waals surface area contributed by atoms with E-state index >= 15 is 0 Å². The third-order valence-electron chi connectivity index (χ3n) is 4.29. The summed E-state index contributed by atoms with van der Waals surface area (Å²) in [6, 6.07) is 12.5. The lowest BCUT2D eigenvalue weighted by Gasteiger charge is -2.21. The molecule has 1 aliphatic rings. The molecule has 0 amide bonds. The first kappa shape index (κ1) is 13.7. The van der Waals surface area contributed by atoms with Gasteiger partial charge in [0.15, 0.2) is 0 Å². The van der Waals surface area contributed by atoms with Crippen LogP contribution in [0.5, 0.6) is 0 Å². The number of halogens is 1. The Hall–Kier alpha value is -1.94. The summed E-state index contributed by atoms with van der Waals surface area (Å²) in [5.41, 5.74) is 7.17. The van der Waals surface area contributed by atoms with Crippen molar-refractivity contribution < 1.29 is 0 Å².